The Kier molecular flexibility index (Phi) is 3.15. The molecule has 0 radical (unpaired) electrons. The molecule has 1 aliphatic carbocycles. The van der Waals surface area contributed by atoms with Crippen LogP contribution >= 0.6 is 0 Å². The molecule has 4 heteroatoms. The third-order valence-corrected chi connectivity index (χ3v) is 3.85. The van der Waals surface area contributed by atoms with Crippen LogP contribution in [-0.2, 0) is 0 Å². The molecule has 0 aliphatic heterocycles. The van der Waals surface area contributed by atoms with E-state index < -0.39 is 0 Å². The predicted molar refractivity (Wildman–Crippen MR) is 67.7 cm³/mol. The maximum atomic E-state index is 12.3. The number of Topliss-reactive ketones (excluding diaryl/α,β-unsaturated/α-hetero) is 1. The number of nitrogen functional groups attached to an aromatic ring is 1. The van der Waals surface area contributed by atoms with Crippen molar-refractivity contribution in [3.63, 3.8) is 0 Å². The Bertz CT molecular complexity index is 413. The van der Waals surface area contributed by atoms with Crippen molar-refractivity contribution in [2.24, 2.45) is 11.1 Å². The zero-order chi connectivity index (χ0) is 12.5. The largest absolute Gasteiger partial charge is 0.383 e. The Morgan fingerprint density at radius 1 is 1.53 bits per heavy atom. The molecule has 0 atom stereocenters. The summed E-state index contributed by atoms with van der Waals surface area (Å²) >= 11 is 0. The van der Waals surface area contributed by atoms with Crippen molar-refractivity contribution < 1.29 is 4.79 Å². The summed E-state index contributed by atoms with van der Waals surface area (Å²) in [7, 11) is 0. The first-order valence-electron chi connectivity index (χ1n) is 6.02. The minimum atomic E-state index is 0.0196. The number of aromatic nitrogens is 1. The lowest BCUT2D eigenvalue weighted by atomic mass is 9.65. The molecule has 92 valence electrons. The van der Waals surface area contributed by atoms with Crippen LogP contribution in [0, 0.1) is 12.3 Å². The molecule has 1 aliphatic rings. The maximum Gasteiger partial charge on any atom is 0.167 e. The summed E-state index contributed by atoms with van der Waals surface area (Å²) in [4.78, 5) is 16.3. The Morgan fingerprint density at radius 2 is 2.24 bits per heavy atom. The number of aryl methyl sites for hydroxylation is 1. The van der Waals surface area contributed by atoms with E-state index in [1.165, 1.54) is 6.42 Å². The monoisotopic (exact) mass is 233 g/mol. The molecule has 0 bridgehead atoms. The molecular formula is C13H19N3O. The number of rotatable bonds is 4. The third kappa shape index (κ3) is 2.17. The van der Waals surface area contributed by atoms with Crippen molar-refractivity contribution in [3.8, 4) is 0 Å². The van der Waals surface area contributed by atoms with Gasteiger partial charge >= 0.3 is 0 Å². The van der Waals surface area contributed by atoms with Crippen molar-refractivity contribution in [1.82, 2.24) is 4.98 Å². The van der Waals surface area contributed by atoms with Crippen molar-refractivity contribution in [2.75, 3.05) is 12.3 Å². The lowest BCUT2D eigenvalue weighted by molar-refractivity contribution is 0.0786. The molecule has 17 heavy (non-hydrogen) atoms. The standard InChI is InChI=1S/C13H19N3O/c1-9-3-6-16-12(15)11(9)10(17)7-13(8-14)4-2-5-13/h3,6H,2,4-5,7-8,14H2,1H3,(H2,15,16). The minimum absolute atomic E-state index is 0.0196. The normalized spacial score (nSPS) is 17.5. The molecule has 0 spiro atoms. The summed E-state index contributed by atoms with van der Waals surface area (Å²) < 4.78 is 0. The fourth-order valence-corrected chi connectivity index (χ4v) is 2.50. The first kappa shape index (κ1) is 12.0. The molecule has 4 N–H and O–H groups in total. The number of carbonyl (C=O) groups excluding carboxylic acids is 1. The van der Waals surface area contributed by atoms with Crippen LogP contribution in [0.4, 0.5) is 5.82 Å². The van der Waals surface area contributed by atoms with E-state index in [0.717, 1.165) is 18.4 Å². The van der Waals surface area contributed by atoms with Gasteiger partial charge < -0.3 is 11.5 Å². The van der Waals surface area contributed by atoms with Crippen LogP contribution in [0.25, 0.3) is 0 Å². The minimum Gasteiger partial charge on any atom is -0.383 e. The van der Waals surface area contributed by atoms with Gasteiger partial charge in [0.25, 0.3) is 0 Å². The number of hydrogen-bond acceptors (Lipinski definition) is 4. The van der Waals surface area contributed by atoms with Gasteiger partial charge in [0.1, 0.15) is 5.82 Å². The van der Waals surface area contributed by atoms with Gasteiger partial charge in [-0.1, -0.05) is 6.42 Å². The van der Waals surface area contributed by atoms with E-state index in [0.29, 0.717) is 24.3 Å². The topological polar surface area (TPSA) is 82.0 Å². The molecule has 4 nitrogen and oxygen atoms in total. The predicted octanol–water partition coefficient (Wildman–Crippen LogP) is 1.67. The Balaban J connectivity index is 2.20. The van der Waals surface area contributed by atoms with Gasteiger partial charge in [0, 0.05) is 12.6 Å². The third-order valence-electron chi connectivity index (χ3n) is 3.85. The summed E-state index contributed by atoms with van der Waals surface area (Å²) in [5, 5.41) is 0. The number of nitrogens with two attached hydrogens (primary N) is 2. The number of carbonyl (C=O) groups is 1. The summed E-state index contributed by atoms with van der Waals surface area (Å²) in [6.07, 6.45) is 5.40. The average molecular weight is 233 g/mol. The van der Waals surface area contributed by atoms with Crippen LogP contribution in [0.1, 0.15) is 41.6 Å². The van der Waals surface area contributed by atoms with E-state index in [9.17, 15) is 4.79 Å². The van der Waals surface area contributed by atoms with E-state index >= 15 is 0 Å². The SMILES string of the molecule is Cc1ccnc(N)c1C(=O)CC1(CN)CCC1. The second-order valence-electron chi connectivity index (χ2n) is 5.05. The van der Waals surface area contributed by atoms with Gasteiger partial charge in [-0.15, -0.1) is 0 Å². The van der Waals surface area contributed by atoms with Gasteiger partial charge in [0.15, 0.2) is 5.78 Å². The highest BCUT2D eigenvalue weighted by Crippen LogP contribution is 2.43. The Hall–Kier alpha value is -1.42. The van der Waals surface area contributed by atoms with Crippen LogP contribution in [0.2, 0.25) is 0 Å². The fraction of sp³-hybridized carbons (Fsp3) is 0.538. The zero-order valence-corrected chi connectivity index (χ0v) is 10.2. The number of ketones is 1. The molecular weight excluding hydrogens is 214 g/mol. The van der Waals surface area contributed by atoms with Crippen LogP contribution < -0.4 is 11.5 Å². The Morgan fingerprint density at radius 3 is 2.71 bits per heavy atom. The number of anilines is 1. The van der Waals surface area contributed by atoms with Gasteiger partial charge in [0.05, 0.1) is 5.56 Å². The molecule has 1 fully saturated rings. The van der Waals surface area contributed by atoms with Crippen molar-refractivity contribution in [2.45, 2.75) is 32.6 Å². The molecule has 1 aromatic rings. The number of nitrogens with zero attached hydrogens (tertiary/aromatic N) is 1. The van der Waals surface area contributed by atoms with Gasteiger partial charge in [-0.3, -0.25) is 4.79 Å². The molecule has 0 unspecified atom stereocenters. The molecule has 0 aromatic carbocycles. The fourth-order valence-electron chi connectivity index (χ4n) is 2.50. The average Bonchev–Trinajstić information content (AvgIpc) is 2.23. The summed E-state index contributed by atoms with van der Waals surface area (Å²) in [6.45, 7) is 2.47. The smallest absolute Gasteiger partial charge is 0.167 e. The van der Waals surface area contributed by atoms with Crippen LogP contribution in [0.15, 0.2) is 12.3 Å². The zero-order valence-electron chi connectivity index (χ0n) is 10.2. The highest BCUT2D eigenvalue weighted by atomic mass is 16.1. The molecule has 0 saturated heterocycles. The summed E-state index contributed by atoms with van der Waals surface area (Å²) in [5.41, 5.74) is 13.0. The van der Waals surface area contributed by atoms with Crippen LogP contribution in [-0.4, -0.2) is 17.3 Å². The first-order valence-corrected chi connectivity index (χ1v) is 6.02. The highest BCUT2D eigenvalue weighted by molar-refractivity contribution is 6.01. The van der Waals surface area contributed by atoms with Gasteiger partial charge in [0.2, 0.25) is 0 Å². The summed E-state index contributed by atoms with van der Waals surface area (Å²) in [5.74, 6) is 0.416. The molecule has 1 saturated carbocycles. The van der Waals surface area contributed by atoms with E-state index in [1.807, 2.05) is 13.0 Å². The molecule has 0 amide bonds. The highest BCUT2D eigenvalue weighted by Gasteiger charge is 2.38. The van der Waals surface area contributed by atoms with E-state index in [1.54, 1.807) is 6.20 Å². The van der Waals surface area contributed by atoms with E-state index in [4.69, 9.17) is 11.5 Å². The van der Waals surface area contributed by atoms with Crippen molar-refractivity contribution >= 4 is 11.6 Å². The second kappa shape index (κ2) is 4.45. The Labute approximate surface area is 101 Å². The maximum absolute atomic E-state index is 12.3. The lowest BCUT2D eigenvalue weighted by Crippen LogP contribution is -2.39. The van der Waals surface area contributed by atoms with Crippen molar-refractivity contribution in [3.05, 3.63) is 23.4 Å². The molecule has 1 heterocycles. The van der Waals surface area contributed by atoms with Crippen LogP contribution in [0.3, 0.4) is 0 Å². The van der Waals surface area contributed by atoms with Crippen LogP contribution in [0.5, 0.6) is 0 Å². The van der Waals surface area contributed by atoms with Gasteiger partial charge in [-0.05, 0) is 43.4 Å². The van der Waals surface area contributed by atoms with E-state index in [2.05, 4.69) is 4.98 Å². The number of hydrogen-bond donors (Lipinski definition) is 2. The molecule has 2 rings (SSSR count). The number of pyridine rings is 1. The van der Waals surface area contributed by atoms with Gasteiger partial charge in [-0.2, -0.15) is 0 Å². The van der Waals surface area contributed by atoms with Gasteiger partial charge in [-0.25, -0.2) is 4.98 Å². The van der Waals surface area contributed by atoms with E-state index in [-0.39, 0.29) is 11.2 Å². The lowest BCUT2D eigenvalue weighted by Gasteiger charge is -2.40. The second-order valence-corrected chi connectivity index (χ2v) is 5.05. The molecule has 1 aromatic heterocycles. The first-order chi connectivity index (χ1) is 8.08. The van der Waals surface area contributed by atoms with Crippen molar-refractivity contribution in [1.29, 1.82) is 0 Å². The quantitative estimate of drug-likeness (QED) is 0.775. The summed E-state index contributed by atoms with van der Waals surface area (Å²) in [6, 6.07) is 1.82.